The average Bonchev–Trinajstić information content (AvgIpc) is 2.59. The molecule has 2 aromatic rings. The molecule has 0 saturated carbocycles. The fraction of sp³-hybridized carbons (Fsp3) is 0.412. The van der Waals surface area contributed by atoms with E-state index in [2.05, 4.69) is 0 Å². The first kappa shape index (κ1) is 18.7. The van der Waals surface area contributed by atoms with E-state index in [-0.39, 0.29) is 0 Å². The lowest BCUT2D eigenvalue weighted by atomic mass is 9.79. The molecule has 0 unspecified atom stereocenters. The summed E-state index contributed by atoms with van der Waals surface area (Å²) in [6, 6.07) is 10.9. The standard InChI is InChI=1S/C17H23BO6/c1-21-6-7-22-8-9-23-10-11-24-17-5-3-14-12-16(18(19)20)4-2-15(14)13-17/h2-5,12-13,19-20H,6-11H2,1H3. The Morgan fingerprint density at radius 1 is 0.792 bits per heavy atom. The van der Waals surface area contributed by atoms with E-state index in [1.54, 1.807) is 19.2 Å². The molecular weight excluding hydrogens is 311 g/mol. The molecule has 2 rings (SSSR count). The quantitative estimate of drug-likeness (QED) is 0.462. The molecular formula is C17H23BO6. The maximum absolute atomic E-state index is 9.19. The molecule has 0 aliphatic heterocycles. The molecule has 130 valence electrons. The third-order valence-corrected chi connectivity index (χ3v) is 3.43. The van der Waals surface area contributed by atoms with Gasteiger partial charge in [-0.3, -0.25) is 0 Å². The van der Waals surface area contributed by atoms with Crippen LogP contribution in [0, 0.1) is 0 Å². The van der Waals surface area contributed by atoms with Crippen LogP contribution in [0.1, 0.15) is 0 Å². The summed E-state index contributed by atoms with van der Waals surface area (Å²) < 4.78 is 21.2. The Morgan fingerprint density at radius 2 is 1.42 bits per heavy atom. The summed E-state index contributed by atoms with van der Waals surface area (Å²) in [5, 5.41) is 20.3. The van der Waals surface area contributed by atoms with Gasteiger partial charge in [-0.2, -0.15) is 0 Å². The van der Waals surface area contributed by atoms with Crippen molar-refractivity contribution < 1.29 is 29.0 Å². The van der Waals surface area contributed by atoms with Crippen LogP contribution in [0.15, 0.2) is 36.4 Å². The smallest absolute Gasteiger partial charge is 0.488 e. The number of methoxy groups -OCH3 is 1. The summed E-state index contributed by atoms with van der Waals surface area (Å²) >= 11 is 0. The lowest BCUT2D eigenvalue weighted by Gasteiger charge is -2.09. The van der Waals surface area contributed by atoms with Crippen molar-refractivity contribution in [2.24, 2.45) is 0 Å². The van der Waals surface area contributed by atoms with Crippen molar-refractivity contribution in [3.8, 4) is 5.75 Å². The highest BCUT2D eigenvalue weighted by Gasteiger charge is 2.10. The fourth-order valence-corrected chi connectivity index (χ4v) is 2.18. The number of ether oxygens (including phenoxy) is 4. The highest BCUT2D eigenvalue weighted by Crippen LogP contribution is 2.20. The van der Waals surface area contributed by atoms with E-state index in [1.165, 1.54) is 0 Å². The van der Waals surface area contributed by atoms with Gasteiger partial charge in [0.2, 0.25) is 0 Å². The van der Waals surface area contributed by atoms with Crippen molar-refractivity contribution in [1.82, 2.24) is 0 Å². The minimum atomic E-state index is -1.46. The van der Waals surface area contributed by atoms with Crippen LogP contribution in [0.25, 0.3) is 10.8 Å². The number of rotatable bonds is 11. The van der Waals surface area contributed by atoms with Crippen LogP contribution >= 0.6 is 0 Å². The van der Waals surface area contributed by atoms with Crippen molar-refractivity contribution in [3.05, 3.63) is 36.4 Å². The fourth-order valence-electron chi connectivity index (χ4n) is 2.18. The van der Waals surface area contributed by atoms with E-state index in [0.29, 0.717) is 45.1 Å². The normalized spacial score (nSPS) is 11.0. The lowest BCUT2D eigenvalue weighted by molar-refractivity contribution is 0.0180. The van der Waals surface area contributed by atoms with Crippen LogP contribution in [-0.2, 0) is 14.2 Å². The van der Waals surface area contributed by atoms with Crippen LogP contribution in [0.3, 0.4) is 0 Å². The molecule has 0 saturated heterocycles. The third kappa shape index (κ3) is 6.11. The minimum Gasteiger partial charge on any atom is -0.491 e. The summed E-state index contributed by atoms with van der Waals surface area (Å²) in [7, 11) is 0.180. The minimum absolute atomic E-state index is 0.455. The molecule has 0 spiro atoms. The molecule has 0 fully saturated rings. The zero-order valence-corrected chi connectivity index (χ0v) is 13.8. The Balaban J connectivity index is 1.70. The summed E-state index contributed by atoms with van der Waals surface area (Å²) in [4.78, 5) is 0. The second kappa shape index (κ2) is 10.3. The van der Waals surface area contributed by atoms with E-state index >= 15 is 0 Å². The van der Waals surface area contributed by atoms with Crippen LogP contribution in [0.5, 0.6) is 5.75 Å². The van der Waals surface area contributed by atoms with Gasteiger partial charge < -0.3 is 29.0 Å². The summed E-state index contributed by atoms with van der Waals surface area (Å²) in [5.74, 6) is 0.750. The number of benzene rings is 2. The maximum Gasteiger partial charge on any atom is 0.488 e. The molecule has 24 heavy (non-hydrogen) atoms. The molecule has 0 bridgehead atoms. The summed E-state index contributed by atoms with van der Waals surface area (Å²) in [5.41, 5.74) is 0.470. The Kier molecular flexibility index (Phi) is 8.01. The number of fused-ring (bicyclic) bond motifs is 1. The average molecular weight is 334 g/mol. The van der Waals surface area contributed by atoms with E-state index < -0.39 is 7.12 Å². The first-order chi connectivity index (χ1) is 11.7. The Morgan fingerprint density at radius 3 is 2.12 bits per heavy atom. The molecule has 0 aliphatic carbocycles. The van der Waals surface area contributed by atoms with Gasteiger partial charge in [-0.15, -0.1) is 0 Å². The second-order valence-electron chi connectivity index (χ2n) is 5.21. The molecule has 0 amide bonds. The van der Waals surface area contributed by atoms with Gasteiger partial charge in [-0.05, 0) is 28.4 Å². The molecule has 0 atom stereocenters. The first-order valence-electron chi connectivity index (χ1n) is 7.88. The van der Waals surface area contributed by atoms with Gasteiger partial charge in [-0.1, -0.05) is 24.3 Å². The van der Waals surface area contributed by atoms with Crippen LogP contribution in [0.4, 0.5) is 0 Å². The van der Waals surface area contributed by atoms with Gasteiger partial charge in [-0.25, -0.2) is 0 Å². The number of hydrogen-bond donors (Lipinski definition) is 2. The molecule has 0 aromatic heterocycles. The van der Waals surface area contributed by atoms with Crippen molar-refractivity contribution in [2.75, 3.05) is 46.8 Å². The van der Waals surface area contributed by atoms with Crippen LogP contribution < -0.4 is 10.2 Å². The zero-order valence-electron chi connectivity index (χ0n) is 13.8. The van der Waals surface area contributed by atoms with E-state index in [9.17, 15) is 10.0 Å². The summed E-state index contributed by atoms with van der Waals surface area (Å²) in [6.45, 7) is 3.17. The predicted molar refractivity (Wildman–Crippen MR) is 92.8 cm³/mol. The second-order valence-corrected chi connectivity index (χ2v) is 5.21. The van der Waals surface area contributed by atoms with Gasteiger partial charge in [0.1, 0.15) is 12.4 Å². The van der Waals surface area contributed by atoms with Gasteiger partial charge in [0.25, 0.3) is 0 Å². The van der Waals surface area contributed by atoms with Crippen molar-refractivity contribution in [2.45, 2.75) is 0 Å². The lowest BCUT2D eigenvalue weighted by Crippen LogP contribution is -2.29. The highest BCUT2D eigenvalue weighted by molar-refractivity contribution is 6.58. The Hall–Kier alpha value is -1.64. The first-order valence-corrected chi connectivity index (χ1v) is 7.88. The predicted octanol–water partition coefficient (Wildman–Crippen LogP) is 0.578. The molecule has 0 aliphatic rings. The molecule has 6 nitrogen and oxygen atoms in total. The number of hydrogen-bond acceptors (Lipinski definition) is 6. The van der Waals surface area contributed by atoms with Crippen molar-refractivity contribution in [1.29, 1.82) is 0 Å². The molecule has 0 radical (unpaired) electrons. The Labute approximate surface area is 142 Å². The zero-order chi connectivity index (χ0) is 17.2. The van der Waals surface area contributed by atoms with E-state index in [0.717, 1.165) is 16.5 Å². The summed E-state index contributed by atoms with van der Waals surface area (Å²) in [6.07, 6.45) is 0. The highest BCUT2D eigenvalue weighted by atomic mass is 16.6. The largest absolute Gasteiger partial charge is 0.491 e. The van der Waals surface area contributed by atoms with Crippen LogP contribution in [-0.4, -0.2) is 63.9 Å². The Bertz CT molecular complexity index is 619. The van der Waals surface area contributed by atoms with Gasteiger partial charge in [0, 0.05) is 7.11 Å². The molecule has 2 aromatic carbocycles. The molecule has 2 N–H and O–H groups in total. The topological polar surface area (TPSA) is 77.4 Å². The maximum atomic E-state index is 9.19. The third-order valence-electron chi connectivity index (χ3n) is 3.43. The molecule has 7 heteroatoms. The van der Waals surface area contributed by atoms with Crippen molar-refractivity contribution in [3.63, 3.8) is 0 Å². The monoisotopic (exact) mass is 334 g/mol. The van der Waals surface area contributed by atoms with Gasteiger partial charge >= 0.3 is 7.12 Å². The SMILES string of the molecule is COCCOCCOCCOc1ccc2cc(B(O)O)ccc2c1. The van der Waals surface area contributed by atoms with E-state index in [1.807, 2.05) is 24.3 Å². The molecule has 0 heterocycles. The van der Waals surface area contributed by atoms with Gasteiger partial charge in [0.05, 0.1) is 33.0 Å². The van der Waals surface area contributed by atoms with Gasteiger partial charge in [0.15, 0.2) is 0 Å². The van der Waals surface area contributed by atoms with Crippen molar-refractivity contribution >= 4 is 23.4 Å². The van der Waals surface area contributed by atoms with Crippen LogP contribution in [0.2, 0.25) is 0 Å². The van der Waals surface area contributed by atoms with E-state index in [4.69, 9.17) is 18.9 Å².